The number of sulfonamides is 1. The molecule has 1 aromatic carbocycles. The van der Waals surface area contributed by atoms with Crippen molar-refractivity contribution < 1.29 is 83.5 Å². The first-order chi connectivity index (χ1) is 43.8. The first kappa shape index (κ1) is 86.8. The van der Waals surface area contributed by atoms with Crippen molar-refractivity contribution in [3.8, 4) is 5.75 Å². The second-order valence-corrected chi connectivity index (χ2v) is 35.4. The maximum atomic E-state index is 14.8. The first-order valence-corrected chi connectivity index (χ1v) is 43.9. The van der Waals surface area contributed by atoms with Crippen LogP contribution in [0, 0.1) is 38.0 Å². The Kier molecular flexibility index (Phi) is 33.7. The summed E-state index contributed by atoms with van der Waals surface area (Å²) in [5, 5.41) is 42.5. The van der Waals surface area contributed by atoms with Gasteiger partial charge in [0.05, 0.1) is 17.1 Å². The van der Waals surface area contributed by atoms with Crippen molar-refractivity contribution in [3.05, 3.63) is 22.3 Å². The van der Waals surface area contributed by atoms with E-state index in [1.807, 2.05) is 31.8 Å². The van der Waals surface area contributed by atoms with Gasteiger partial charge in [0.2, 0.25) is 29.6 Å². The number of halogens is 1. The Morgan fingerprint density at radius 1 is 0.677 bits per heavy atom. The summed E-state index contributed by atoms with van der Waals surface area (Å²) in [5.41, 5.74) is 5.01. The monoisotopic (exact) mass is 1690 g/mol. The summed E-state index contributed by atoms with van der Waals surface area (Å²) in [4.78, 5) is 130. The van der Waals surface area contributed by atoms with E-state index in [1.165, 1.54) is 6.92 Å². The number of nitrogens with zero attached hydrogens (tertiary/aromatic N) is 1. The number of hydrogen-bond donors (Lipinski definition) is 12. The van der Waals surface area contributed by atoms with Crippen molar-refractivity contribution in [1.82, 2.24) is 47.3 Å². The number of fused-ring (bicyclic) bond motifs is 1. The van der Waals surface area contributed by atoms with Gasteiger partial charge in [0.15, 0.2) is 0 Å². The molecule has 548 valence electrons. The van der Waals surface area contributed by atoms with Gasteiger partial charge in [0.25, 0.3) is 10.0 Å². The van der Waals surface area contributed by atoms with Crippen molar-refractivity contribution >= 4 is 107 Å². The Labute approximate surface area is 588 Å². The number of hydrogen-bond acceptors (Lipinski definition) is 19. The van der Waals surface area contributed by atoms with Gasteiger partial charge < -0.3 is 52.0 Å². The maximum absolute atomic E-state index is 14.8. The summed E-state index contributed by atoms with van der Waals surface area (Å²) in [6.45, 7) is 35.9. The molecule has 1 aliphatic rings. The van der Waals surface area contributed by atoms with Crippen LogP contribution in [0.5, 0.6) is 5.75 Å². The van der Waals surface area contributed by atoms with Crippen LogP contribution >= 0.6 is 18.0 Å². The minimum Gasteiger partial charge on any atom is -0.391 e. The van der Waals surface area contributed by atoms with Gasteiger partial charge in [-0.3, -0.25) is 24.2 Å². The molecule has 0 radical (unpaired) electrons. The standard InChI is InChI=1S/C64H111N11O18S.HI.Po/c1-23-34(4)45(55(83)73-46(38(8)76)54(82)67-30-44(77)68-42(31-90-61(12,13)14)53(81)71-43(57(85)86)32-91-62(15,16)17)72-51(79)40(69-52(80)41(29-60(9,10)11)70-56(84)47(48(78)33(2)3)74-59(87)93-63(18,19)20)25-24-28-66-58(65)75-94(88,89)50-36(6)35(5)49-39(37(50)7)26-27-64(21,22)92-49;;/h33-34,38,40-43,45-48,76,78H,23-32H2,1-22H3,(H,67,82)(H,68,77)(H,69,80)(H,70,84)(H,71,81)(H,72,79)(H,73,83)(H,74,87)(H,85,86)(H3,65,66,75);1H;/q;;+2/p-2/t34-,38+,40+,41-,42-,43-,45-,46+,47-,48+;;/m0../s1. The zero-order chi connectivity index (χ0) is 74.0. The third-order valence-electron chi connectivity index (χ3n) is 15.2. The van der Waals surface area contributed by atoms with Gasteiger partial charge in [-0.05, 0) is 134 Å². The molecule has 8 amide bonds. The smallest absolute Gasteiger partial charge is 0.0804 e. The van der Waals surface area contributed by atoms with E-state index in [1.54, 1.807) is 132 Å². The minimum atomic E-state index is -4.33. The summed E-state index contributed by atoms with van der Waals surface area (Å²) >= 11 is 0.460. The summed E-state index contributed by atoms with van der Waals surface area (Å²) in [7, 11) is -4.33. The summed E-state index contributed by atoms with van der Waals surface area (Å²) in [6, 6.07) is -10.5. The van der Waals surface area contributed by atoms with E-state index in [0.29, 0.717) is 35.3 Å². The van der Waals surface area contributed by atoms with Gasteiger partial charge in [0.1, 0.15) is 41.1 Å². The van der Waals surface area contributed by atoms with Crippen LogP contribution in [0.25, 0.3) is 0 Å². The van der Waals surface area contributed by atoms with Crippen LogP contribution in [0.3, 0.4) is 0 Å². The maximum Gasteiger partial charge on any atom is 0.0804 e. The molecule has 0 unspecified atom stereocenters. The molecule has 0 saturated carbocycles. The number of rotatable bonds is 33. The molecule has 0 fully saturated rings. The van der Waals surface area contributed by atoms with Crippen LogP contribution in [-0.2, 0) is 71.8 Å². The molecule has 0 bridgehead atoms. The summed E-state index contributed by atoms with van der Waals surface area (Å²) in [6.07, 6.45) is -2.98. The molecule has 1 aromatic rings. The van der Waals surface area contributed by atoms with Crippen LogP contribution in [0.4, 0.5) is 4.79 Å². The van der Waals surface area contributed by atoms with Crippen molar-refractivity contribution in [3.63, 3.8) is 0 Å². The zero-order valence-electron chi connectivity index (χ0n) is 60.1. The largest absolute Gasteiger partial charge is 0.391 e. The molecule has 29 nitrogen and oxygen atoms in total. The number of ether oxygens (including phenoxy) is 4. The third kappa shape index (κ3) is 29.7. The Morgan fingerprint density at radius 2 is 1.20 bits per heavy atom. The molecule has 96 heavy (non-hydrogen) atoms. The van der Waals surface area contributed by atoms with Crippen LogP contribution < -0.4 is 57.7 Å². The molecule has 1 aliphatic heterocycles. The second-order valence-electron chi connectivity index (χ2n) is 29.4. The zero-order valence-corrected chi connectivity index (χ0v) is 66.2. The molecule has 0 saturated heterocycles. The third-order valence-corrected chi connectivity index (χ3v) is 19.3. The second kappa shape index (κ2) is 37.2. The Bertz CT molecular complexity index is 3030. The predicted octanol–water partition coefficient (Wildman–Crippen LogP) is 3.03. The average molecular weight is 1690 g/mol. The number of nitrogens with one attached hydrogen (secondary N) is 9. The number of carbonyl (C=O) groups excluding carboxylic acids is 9. The fourth-order valence-corrected chi connectivity index (χ4v) is 13.5. The van der Waals surface area contributed by atoms with Crippen LogP contribution in [-0.4, -0.2) is 201 Å². The van der Waals surface area contributed by atoms with E-state index in [9.17, 15) is 61.8 Å². The number of amides is 8. The van der Waals surface area contributed by atoms with Crippen LogP contribution in [0.15, 0.2) is 9.89 Å². The summed E-state index contributed by atoms with van der Waals surface area (Å²) < 4.78 is 59.1. The van der Waals surface area contributed by atoms with Crippen LogP contribution in [0.2, 0.25) is 0 Å². The van der Waals surface area contributed by atoms with E-state index in [-0.39, 0.29) is 50.3 Å². The molecule has 0 spiro atoms. The number of carbonyl (C=O) groups is 9. The summed E-state index contributed by atoms with van der Waals surface area (Å²) in [5.74, 6) is -8.40. The minimum absolute atomic E-state index is 0.0208. The average Bonchev–Trinajstić information content (AvgIpc) is 0.747. The Balaban J connectivity index is 2.59. The van der Waals surface area contributed by atoms with Gasteiger partial charge in [-0.25, -0.2) is 17.9 Å². The topological polar surface area (TPSA) is 421 Å². The normalized spacial score (nSPS) is 16.8. The number of aliphatic hydroxyl groups excluding tert-OH is 2. The van der Waals surface area contributed by atoms with Gasteiger partial charge in [0, 0.05) is 6.54 Å². The molecule has 13 N–H and O–H groups in total. The number of guanidine groups is 1. The Morgan fingerprint density at radius 3 is 1.72 bits per heavy atom. The van der Waals surface area contributed by atoms with Crippen molar-refractivity contribution in [2.75, 3.05) is 26.3 Å². The van der Waals surface area contributed by atoms with E-state index in [2.05, 4.69) is 52.2 Å². The van der Waals surface area contributed by atoms with Gasteiger partial charge in [-0.1, -0.05) is 54.9 Å². The van der Waals surface area contributed by atoms with E-state index < -0.39 is 190 Å². The fourth-order valence-electron chi connectivity index (χ4n) is 9.72. The number of alkyl carbamates (subject to hydrolysis) is 1. The molecule has 10 atom stereocenters. The molecular formula is C64H110IN11O18PoS. The molecular weight excluding hydrogens is 1580 g/mol. The van der Waals surface area contributed by atoms with Gasteiger partial charge in [-0.15, -0.1) is 0 Å². The number of nitrogens with two attached hydrogens (primary N) is 1. The number of aliphatic imine (C=N–C) groups is 1. The quantitative estimate of drug-likeness (QED) is 0.0208. The van der Waals surface area contributed by atoms with E-state index in [0.717, 1.165) is 5.56 Å². The van der Waals surface area contributed by atoms with Crippen molar-refractivity contribution in [2.45, 2.75) is 273 Å². The predicted molar refractivity (Wildman–Crippen MR) is 371 cm³/mol. The van der Waals surface area contributed by atoms with Gasteiger partial charge >= 0.3 is 206 Å². The van der Waals surface area contributed by atoms with E-state index >= 15 is 0 Å². The number of aliphatic hydroxyl groups is 2. The SMILES string of the molecule is CC[C@H](C)[C@H](NC(=O)[C@@H](CCCN=C(N)NS(=O)(=O)c1c(C)c(C)c2c(c1C)CCC(C)(C)O2)NC(=O)[C@H](CC(C)(C)C)NC(=O)[C@@H](NC(=O)OC(C)(C)C)[C@H](O)C(C)C)C(=O)N[C@@H](C(=O)NCC(=O)N[C@@H](COC(C)(C)C)C(=O)N[C@@H](COC(C)(C)C)C(=O)[O][Po][I])[C@@H](C)O. The molecule has 0 aromatic heterocycles. The molecule has 32 heteroatoms. The van der Waals surface area contributed by atoms with Crippen LogP contribution in [0.1, 0.15) is 186 Å². The number of benzene rings is 1. The molecule has 2 rings (SSSR count). The van der Waals surface area contributed by atoms with Crippen molar-refractivity contribution in [1.29, 1.82) is 0 Å². The first-order valence-electron chi connectivity index (χ1n) is 32.2. The van der Waals surface area contributed by atoms with Crippen molar-refractivity contribution in [2.24, 2.45) is 28.0 Å². The van der Waals surface area contributed by atoms with E-state index in [4.69, 9.17) is 27.5 Å². The fraction of sp³-hybridized carbons (Fsp3) is 0.750. The van der Waals surface area contributed by atoms with Gasteiger partial charge in [-0.2, -0.15) is 0 Å². The molecule has 0 aliphatic carbocycles. The molecule has 1 heterocycles. The Hall–Kier alpha value is -5.26.